The van der Waals surface area contributed by atoms with Crippen molar-refractivity contribution in [3.63, 3.8) is 0 Å². The molecule has 1 heterocycles. The van der Waals surface area contributed by atoms with Crippen molar-refractivity contribution in [3.8, 4) is 0 Å². The number of carbonyl (C=O) groups excluding carboxylic acids is 2. The van der Waals surface area contributed by atoms with Crippen LogP contribution in [0.5, 0.6) is 0 Å². The van der Waals surface area contributed by atoms with E-state index in [0.29, 0.717) is 12.8 Å². The van der Waals surface area contributed by atoms with Gasteiger partial charge in [-0.05, 0) is 49.9 Å². The zero-order valence-corrected chi connectivity index (χ0v) is 15.1. The SMILES string of the molecule is C[C@]1(O)C[C@H](NC(=O)CN2C[C@]3(C[C@@H]3F)c3cc(C(F)(F)F)ccc3C2=O)C1. The number of amides is 2. The fraction of sp³-hybridized carbons (Fsp3) is 0.579. The van der Waals surface area contributed by atoms with Crippen molar-refractivity contribution in [2.75, 3.05) is 13.1 Å². The molecule has 3 aliphatic rings. The van der Waals surface area contributed by atoms with Gasteiger partial charge in [-0.3, -0.25) is 9.59 Å². The molecule has 2 amide bonds. The first-order valence-corrected chi connectivity index (χ1v) is 9.08. The van der Waals surface area contributed by atoms with Gasteiger partial charge in [0.25, 0.3) is 5.91 Å². The van der Waals surface area contributed by atoms with E-state index in [1.165, 1.54) is 4.90 Å². The van der Waals surface area contributed by atoms with Gasteiger partial charge in [0.05, 0.1) is 17.7 Å². The highest BCUT2D eigenvalue weighted by Crippen LogP contribution is 2.55. The smallest absolute Gasteiger partial charge is 0.390 e. The standard InChI is InChI=1S/C19H20F4N2O3/c1-17(28)5-11(6-17)24-15(26)8-25-9-18(7-14(18)20)13-4-10(19(21,22)23)2-3-12(13)16(25)27/h2-4,11,14,28H,5-9H2,1H3,(H,24,26)/t11-,14-,17-,18+/m0/s1. The predicted octanol–water partition coefficient (Wildman–Crippen LogP) is 2.17. The van der Waals surface area contributed by atoms with Gasteiger partial charge in [-0.25, -0.2) is 4.39 Å². The molecular weight excluding hydrogens is 380 g/mol. The lowest BCUT2D eigenvalue weighted by Crippen LogP contribution is -2.56. The van der Waals surface area contributed by atoms with Crippen molar-refractivity contribution in [1.82, 2.24) is 10.2 Å². The van der Waals surface area contributed by atoms with E-state index in [9.17, 15) is 32.3 Å². The third-order valence-electron chi connectivity index (χ3n) is 5.93. The molecule has 1 aliphatic heterocycles. The molecule has 1 spiro atoms. The lowest BCUT2D eigenvalue weighted by atomic mass is 9.77. The molecule has 2 aliphatic carbocycles. The van der Waals surface area contributed by atoms with Gasteiger partial charge in [-0.2, -0.15) is 13.2 Å². The lowest BCUT2D eigenvalue weighted by Gasteiger charge is -2.41. The molecule has 0 radical (unpaired) electrons. The molecule has 28 heavy (non-hydrogen) atoms. The first-order chi connectivity index (χ1) is 12.9. The van der Waals surface area contributed by atoms with Gasteiger partial charge >= 0.3 is 6.18 Å². The zero-order chi connectivity index (χ0) is 20.5. The molecule has 2 atom stereocenters. The Bertz CT molecular complexity index is 846. The molecule has 152 valence electrons. The summed E-state index contributed by atoms with van der Waals surface area (Å²) in [7, 11) is 0. The highest BCUT2D eigenvalue weighted by Gasteiger charge is 2.61. The van der Waals surface area contributed by atoms with Crippen LogP contribution in [0.3, 0.4) is 0 Å². The molecular formula is C19H20F4N2O3. The van der Waals surface area contributed by atoms with Gasteiger partial charge in [0.1, 0.15) is 6.17 Å². The van der Waals surface area contributed by atoms with Crippen LogP contribution < -0.4 is 5.32 Å². The number of fused-ring (bicyclic) bond motifs is 2. The molecule has 1 aromatic rings. The molecule has 1 aromatic carbocycles. The summed E-state index contributed by atoms with van der Waals surface area (Å²) in [5, 5.41) is 12.4. The van der Waals surface area contributed by atoms with E-state index in [2.05, 4.69) is 5.32 Å². The number of halogens is 4. The molecule has 0 aromatic heterocycles. The highest BCUT2D eigenvalue weighted by atomic mass is 19.4. The summed E-state index contributed by atoms with van der Waals surface area (Å²) in [4.78, 5) is 26.2. The molecule has 2 saturated carbocycles. The summed E-state index contributed by atoms with van der Waals surface area (Å²) >= 11 is 0. The molecule has 9 heteroatoms. The number of hydrogen-bond donors (Lipinski definition) is 2. The van der Waals surface area contributed by atoms with E-state index in [1.807, 2.05) is 0 Å². The van der Waals surface area contributed by atoms with Crippen LogP contribution >= 0.6 is 0 Å². The summed E-state index contributed by atoms with van der Waals surface area (Å²) < 4.78 is 53.3. The summed E-state index contributed by atoms with van der Waals surface area (Å²) in [6, 6.07) is 2.55. The molecule has 2 N–H and O–H groups in total. The van der Waals surface area contributed by atoms with Crippen molar-refractivity contribution < 1.29 is 32.3 Å². The summed E-state index contributed by atoms with van der Waals surface area (Å²) in [5.41, 5.74) is -2.82. The van der Waals surface area contributed by atoms with Crippen molar-refractivity contribution in [1.29, 1.82) is 0 Å². The Labute approximate surface area is 158 Å². The van der Waals surface area contributed by atoms with Crippen molar-refractivity contribution in [2.45, 2.75) is 55.6 Å². The molecule has 2 fully saturated rings. The van der Waals surface area contributed by atoms with Crippen molar-refractivity contribution >= 4 is 11.8 Å². The van der Waals surface area contributed by atoms with Crippen LogP contribution in [0.4, 0.5) is 17.6 Å². The Kier molecular flexibility index (Phi) is 4.05. The lowest BCUT2D eigenvalue weighted by molar-refractivity contribution is -0.137. The number of alkyl halides is 4. The van der Waals surface area contributed by atoms with E-state index in [4.69, 9.17) is 0 Å². The Morgan fingerprint density at radius 1 is 1.32 bits per heavy atom. The van der Waals surface area contributed by atoms with E-state index in [-0.39, 0.29) is 36.7 Å². The third kappa shape index (κ3) is 3.15. The number of rotatable bonds is 3. The maximum absolute atomic E-state index is 14.2. The summed E-state index contributed by atoms with van der Waals surface area (Å²) in [5.74, 6) is -1.01. The minimum atomic E-state index is -4.58. The second-order valence-electron chi connectivity index (χ2n) is 8.42. The minimum absolute atomic E-state index is 0.0128. The third-order valence-corrected chi connectivity index (χ3v) is 5.93. The van der Waals surface area contributed by atoms with Crippen LogP contribution in [0, 0.1) is 0 Å². The number of nitrogens with zero attached hydrogens (tertiary/aromatic N) is 1. The quantitative estimate of drug-likeness (QED) is 0.765. The van der Waals surface area contributed by atoms with Crippen LogP contribution in [0.2, 0.25) is 0 Å². The van der Waals surface area contributed by atoms with Crippen LogP contribution in [-0.4, -0.2) is 52.7 Å². The van der Waals surface area contributed by atoms with E-state index in [1.54, 1.807) is 6.92 Å². The van der Waals surface area contributed by atoms with Gasteiger partial charge < -0.3 is 15.3 Å². The average molecular weight is 400 g/mol. The number of hydrogen-bond acceptors (Lipinski definition) is 3. The Balaban J connectivity index is 1.53. The molecule has 0 bridgehead atoms. The monoisotopic (exact) mass is 400 g/mol. The van der Waals surface area contributed by atoms with Crippen LogP contribution in [-0.2, 0) is 16.4 Å². The Morgan fingerprint density at radius 2 is 1.96 bits per heavy atom. The Hall–Kier alpha value is -2.16. The first kappa shape index (κ1) is 19.2. The number of benzene rings is 1. The normalized spacial score (nSPS) is 34.1. The van der Waals surface area contributed by atoms with Gasteiger partial charge in [-0.1, -0.05) is 0 Å². The van der Waals surface area contributed by atoms with E-state index in [0.717, 1.165) is 18.2 Å². The second kappa shape index (κ2) is 5.92. The fourth-order valence-corrected chi connectivity index (χ4v) is 4.37. The van der Waals surface area contributed by atoms with E-state index < -0.39 is 40.7 Å². The fourth-order valence-electron chi connectivity index (χ4n) is 4.37. The minimum Gasteiger partial charge on any atom is -0.390 e. The molecule has 0 unspecified atom stereocenters. The predicted molar refractivity (Wildman–Crippen MR) is 90.3 cm³/mol. The van der Waals surface area contributed by atoms with Crippen molar-refractivity contribution in [2.24, 2.45) is 0 Å². The number of nitrogens with one attached hydrogen (secondary N) is 1. The maximum atomic E-state index is 14.2. The van der Waals surface area contributed by atoms with Gasteiger partial charge in [0.2, 0.25) is 5.91 Å². The first-order valence-electron chi connectivity index (χ1n) is 9.08. The molecule has 0 saturated heterocycles. The molecule has 4 rings (SSSR count). The van der Waals surface area contributed by atoms with E-state index >= 15 is 0 Å². The largest absolute Gasteiger partial charge is 0.416 e. The van der Waals surface area contributed by atoms with Crippen molar-refractivity contribution in [3.05, 3.63) is 34.9 Å². The van der Waals surface area contributed by atoms with Crippen LogP contribution in [0.25, 0.3) is 0 Å². The van der Waals surface area contributed by atoms with Crippen LogP contribution in [0.15, 0.2) is 18.2 Å². The van der Waals surface area contributed by atoms with Gasteiger partial charge in [0.15, 0.2) is 0 Å². The average Bonchev–Trinajstić information content (AvgIpc) is 3.19. The summed E-state index contributed by atoms with van der Waals surface area (Å²) in [6.07, 6.45) is -5.09. The van der Waals surface area contributed by atoms with Gasteiger partial charge in [-0.15, -0.1) is 0 Å². The topological polar surface area (TPSA) is 69.6 Å². The number of carbonyl (C=O) groups is 2. The highest BCUT2D eigenvalue weighted by molar-refractivity contribution is 6.00. The number of aliphatic hydroxyl groups is 1. The maximum Gasteiger partial charge on any atom is 0.416 e. The Morgan fingerprint density at radius 3 is 2.50 bits per heavy atom. The zero-order valence-electron chi connectivity index (χ0n) is 15.1. The van der Waals surface area contributed by atoms with Gasteiger partial charge in [0, 0.05) is 23.6 Å². The summed E-state index contributed by atoms with van der Waals surface area (Å²) in [6.45, 7) is 1.23. The second-order valence-corrected chi connectivity index (χ2v) is 8.42. The molecule has 5 nitrogen and oxygen atoms in total. The van der Waals surface area contributed by atoms with Crippen LogP contribution in [0.1, 0.15) is 47.7 Å².